The summed E-state index contributed by atoms with van der Waals surface area (Å²) in [6, 6.07) is 0. The monoisotopic (exact) mass is 167 g/mol. The van der Waals surface area contributed by atoms with Crippen LogP contribution in [0.1, 0.15) is 6.92 Å². The topological polar surface area (TPSA) is 58.4 Å². The van der Waals surface area contributed by atoms with E-state index < -0.39 is 0 Å². The molecular formula is C8H13N3O. The summed E-state index contributed by atoms with van der Waals surface area (Å²) in [6.45, 7) is 3.78. The second-order valence-corrected chi connectivity index (χ2v) is 2.54. The van der Waals surface area contributed by atoms with E-state index in [9.17, 15) is 4.79 Å². The van der Waals surface area contributed by atoms with Crippen LogP contribution in [0.15, 0.2) is 23.9 Å². The molecule has 3 N–H and O–H groups in total. The van der Waals surface area contributed by atoms with Crippen LogP contribution in [-0.2, 0) is 4.79 Å². The lowest BCUT2D eigenvalue weighted by atomic mass is 10.2. The van der Waals surface area contributed by atoms with Crippen molar-refractivity contribution in [2.24, 2.45) is 5.84 Å². The molecule has 0 atom stereocenters. The fraction of sp³-hybridized carbons (Fsp3) is 0.375. The maximum absolute atomic E-state index is 11.0. The summed E-state index contributed by atoms with van der Waals surface area (Å²) < 4.78 is 0. The van der Waals surface area contributed by atoms with E-state index in [1.54, 1.807) is 6.08 Å². The highest BCUT2D eigenvalue weighted by molar-refractivity contribution is 5.95. The van der Waals surface area contributed by atoms with Gasteiger partial charge in [0.1, 0.15) is 0 Å². The van der Waals surface area contributed by atoms with E-state index in [0.29, 0.717) is 5.57 Å². The van der Waals surface area contributed by atoms with Gasteiger partial charge in [-0.1, -0.05) is 6.08 Å². The highest BCUT2D eigenvalue weighted by atomic mass is 16.2. The first kappa shape index (κ1) is 8.80. The first-order valence-electron chi connectivity index (χ1n) is 3.91. The SMILES string of the molecule is CCN1C=CC(C(=O)NN)=CC1. The van der Waals surface area contributed by atoms with E-state index in [4.69, 9.17) is 5.84 Å². The maximum atomic E-state index is 11.0. The van der Waals surface area contributed by atoms with Crippen molar-refractivity contribution in [1.82, 2.24) is 10.3 Å². The van der Waals surface area contributed by atoms with Crippen LogP contribution in [0.4, 0.5) is 0 Å². The fourth-order valence-electron chi connectivity index (χ4n) is 1.02. The van der Waals surface area contributed by atoms with Crippen LogP contribution in [0, 0.1) is 0 Å². The number of nitrogens with zero attached hydrogens (tertiary/aromatic N) is 1. The summed E-state index contributed by atoms with van der Waals surface area (Å²) >= 11 is 0. The molecule has 0 saturated heterocycles. The van der Waals surface area contributed by atoms with Crippen molar-refractivity contribution in [2.45, 2.75) is 6.92 Å². The average Bonchev–Trinajstić information content (AvgIpc) is 2.17. The molecule has 1 rings (SSSR count). The fourth-order valence-corrected chi connectivity index (χ4v) is 1.02. The van der Waals surface area contributed by atoms with Gasteiger partial charge in [0.2, 0.25) is 0 Å². The Morgan fingerprint density at radius 1 is 1.83 bits per heavy atom. The van der Waals surface area contributed by atoms with Crippen LogP contribution in [0.5, 0.6) is 0 Å². The Morgan fingerprint density at radius 2 is 2.58 bits per heavy atom. The van der Waals surface area contributed by atoms with Gasteiger partial charge < -0.3 is 4.90 Å². The van der Waals surface area contributed by atoms with Gasteiger partial charge in [-0.3, -0.25) is 10.2 Å². The molecule has 0 unspecified atom stereocenters. The van der Waals surface area contributed by atoms with Crippen LogP contribution in [-0.4, -0.2) is 23.9 Å². The zero-order valence-corrected chi connectivity index (χ0v) is 7.08. The molecule has 0 aromatic carbocycles. The van der Waals surface area contributed by atoms with Crippen LogP contribution >= 0.6 is 0 Å². The molecule has 12 heavy (non-hydrogen) atoms. The molecule has 0 aliphatic carbocycles. The van der Waals surface area contributed by atoms with Crippen molar-refractivity contribution in [2.75, 3.05) is 13.1 Å². The third-order valence-electron chi connectivity index (χ3n) is 1.81. The number of nitrogens with two attached hydrogens (primary N) is 1. The molecule has 4 heteroatoms. The molecule has 1 heterocycles. The summed E-state index contributed by atoms with van der Waals surface area (Å²) in [5, 5.41) is 0. The lowest BCUT2D eigenvalue weighted by molar-refractivity contribution is -0.117. The maximum Gasteiger partial charge on any atom is 0.264 e. The van der Waals surface area contributed by atoms with Crippen molar-refractivity contribution in [1.29, 1.82) is 0 Å². The Hall–Kier alpha value is -1.29. The van der Waals surface area contributed by atoms with E-state index in [2.05, 4.69) is 17.2 Å². The molecule has 1 amide bonds. The Balaban J connectivity index is 2.57. The number of carbonyl (C=O) groups is 1. The van der Waals surface area contributed by atoms with Crippen LogP contribution in [0.3, 0.4) is 0 Å². The standard InChI is InChI=1S/C8H13N3O/c1-2-11-5-3-7(4-6-11)8(12)10-9/h3-5H,2,6,9H2,1H3,(H,10,12). The zero-order chi connectivity index (χ0) is 8.97. The second kappa shape index (κ2) is 3.92. The number of hydrogen-bond donors (Lipinski definition) is 2. The van der Waals surface area contributed by atoms with Crippen molar-refractivity contribution >= 4 is 5.91 Å². The van der Waals surface area contributed by atoms with E-state index >= 15 is 0 Å². The summed E-state index contributed by atoms with van der Waals surface area (Å²) in [5.74, 6) is 4.75. The molecule has 0 bridgehead atoms. The van der Waals surface area contributed by atoms with Crippen LogP contribution in [0.25, 0.3) is 0 Å². The van der Waals surface area contributed by atoms with Crippen molar-refractivity contribution in [3.63, 3.8) is 0 Å². The van der Waals surface area contributed by atoms with Gasteiger partial charge in [-0.15, -0.1) is 0 Å². The van der Waals surface area contributed by atoms with Gasteiger partial charge in [0.05, 0.1) is 0 Å². The van der Waals surface area contributed by atoms with Gasteiger partial charge in [-0.05, 0) is 13.0 Å². The lowest BCUT2D eigenvalue weighted by Gasteiger charge is -2.19. The van der Waals surface area contributed by atoms with E-state index in [-0.39, 0.29) is 5.91 Å². The molecule has 4 nitrogen and oxygen atoms in total. The summed E-state index contributed by atoms with van der Waals surface area (Å²) in [5.41, 5.74) is 2.72. The van der Waals surface area contributed by atoms with Crippen molar-refractivity contribution in [3.05, 3.63) is 23.9 Å². The van der Waals surface area contributed by atoms with Gasteiger partial charge in [-0.25, -0.2) is 5.84 Å². The number of nitrogens with one attached hydrogen (secondary N) is 1. The summed E-state index contributed by atoms with van der Waals surface area (Å²) in [6.07, 6.45) is 5.51. The van der Waals surface area contributed by atoms with Gasteiger partial charge in [0.15, 0.2) is 0 Å². The molecule has 0 aromatic rings. The third kappa shape index (κ3) is 1.85. The Morgan fingerprint density at radius 3 is 3.00 bits per heavy atom. The third-order valence-corrected chi connectivity index (χ3v) is 1.81. The zero-order valence-electron chi connectivity index (χ0n) is 7.08. The van der Waals surface area contributed by atoms with E-state index in [0.717, 1.165) is 13.1 Å². The lowest BCUT2D eigenvalue weighted by Crippen LogP contribution is -2.32. The highest BCUT2D eigenvalue weighted by Crippen LogP contribution is 2.05. The largest absolute Gasteiger partial charge is 0.374 e. The van der Waals surface area contributed by atoms with Crippen LogP contribution < -0.4 is 11.3 Å². The quantitative estimate of drug-likeness (QED) is 0.339. The average molecular weight is 167 g/mol. The summed E-state index contributed by atoms with van der Waals surface area (Å²) in [4.78, 5) is 13.1. The van der Waals surface area contributed by atoms with Gasteiger partial charge in [0, 0.05) is 24.9 Å². The minimum absolute atomic E-state index is 0.234. The number of likely N-dealkylation sites (N-methyl/N-ethyl adjacent to an activating group) is 1. The van der Waals surface area contributed by atoms with Crippen molar-refractivity contribution in [3.8, 4) is 0 Å². The Bertz CT molecular complexity index is 232. The predicted octanol–water partition coefficient (Wildman–Crippen LogP) is -0.248. The van der Waals surface area contributed by atoms with Gasteiger partial charge >= 0.3 is 0 Å². The minimum atomic E-state index is -0.234. The minimum Gasteiger partial charge on any atom is -0.374 e. The molecular weight excluding hydrogens is 154 g/mol. The first-order valence-corrected chi connectivity index (χ1v) is 3.91. The number of carbonyl (C=O) groups excluding carboxylic acids is 1. The van der Waals surface area contributed by atoms with Crippen LogP contribution in [0.2, 0.25) is 0 Å². The first-order chi connectivity index (χ1) is 5.77. The number of amides is 1. The molecule has 66 valence electrons. The normalized spacial score (nSPS) is 15.8. The summed E-state index contributed by atoms with van der Waals surface area (Å²) in [7, 11) is 0. The smallest absolute Gasteiger partial charge is 0.264 e. The molecule has 0 aromatic heterocycles. The Kier molecular flexibility index (Phi) is 2.88. The predicted molar refractivity (Wildman–Crippen MR) is 46.8 cm³/mol. The van der Waals surface area contributed by atoms with Gasteiger partial charge in [-0.2, -0.15) is 0 Å². The molecule has 1 aliphatic heterocycles. The number of hydrogen-bond acceptors (Lipinski definition) is 3. The molecule has 0 saturated carbocycles. The second-order valence-electron chi connectivity index (χ2n) is 2.54. The van der Waals surface area contributed by atoms with E-state index in [1.807, 2.05) is 12.3 Å². The Labute approximate surface area is 71.7 Å². The van der Waals surface area contributed by atoms with Gasteiger partial charge in [0.25, 0.3) is 5.91 Å². The molecule has 0 spiro atoms. The number of hydrazine groups is 1. The number of rotatable bonds is 2. The molecule has 0 fully saturated rings. The van der Waals surface area contributed by atoms with Crippen molar-refractivity contribution < 1.29 is 4.79 Å². The molecule has 0 radical (unpaired) electrons. The van der Waals surface area contributed by atoms with E-state index in [1.165, 1.54) is 0 Å². The molecule has 1 aliphatic rings. The highest BCUT2D eigenvalue weighted by Gasteiger charge is 2.08.